The molecule has 16 heavy (non-hydrogen) atoms. The number of hydrogen-bond acceptors (Lipinski definition) is 3. The Balaban J connectivity index is 2.40. The van der Waals surface area contributed by atoms with E-state index in [2.05, 4.69) is 5.32 Å². The molecule has 84 valence electrons. The van der Waals surface area contributed by atoms with Crippen molar-refractivity contribution in [2.75, 3.05) is 24.5 Å². The Morgan fingerprint density at radius 1 is 1.44 bits per heavy atom. The third kappa shape index (κ3) is 1.77. The van der Waals surface area contributed by atoms with Crippen LogP contribution in [0.25, 0.3) is 0 Å². The van der Waals surface area contributed by atoms with Crippen molar-refractivity contribution in [3.8, 4) is 0 Å². The van der Waals surface area contributed by atoms with Crippen LogP contribution in [0.15, 0.2) is 24.3 Å². The summed E-state index contributed by atoms with van der Waals surface area (Å²) < 4.78 is 0. The maximum absolute atomic E-state index is 11.6. The molecule has 1 aromatic rings. The molecular formula is C11H13N3O2. The van der Waals surface area contributed by atoms with Crippen LogP contribution in [0.3, 0.4) is 0 Å². The number of carbonyl (C=O) groups is 2. The largest absolute Gasteiger partial charge is 0.336 e. The summed E-state index contributed by atoms with van der Waals surface area (Å²) >= 11 is 0. The van der Waals surface area contributed by atoms with Crippen LogP contribution >= 0.6 is 0 Å². The van der Waals surface area contributed by atoms with Crippen molar-refractivity contribution >= 4 is 17.5 Å². The van der Waals surface area contributed by atoms with Gasteiger partial charge in [0.2, 0.25) is 0 Å². The number of hydrogen-bond donors (Lipinski definition) is 2. The Morgan fingerprint density at radius 3 is 2.81 bits per heavy atom. The minimum absolute atomic E-state index is 0.0491. The van der Waals surface area contributed by atoms with E-state index >= 15 is 0 Å². The summed E-state index contributed by atoms with van der Waals surface area (Å²) in [5, 5.41) is 2.70. The molecule has 5 nitrogen and oxygen atoms in total. The van der Waals surface area contributed by atoms with Gasteiger partial charge in [-0.25, -0.2) is 4.79 Å². The first-order valence-corrected chi connectivity index (χ1v) is 5.11. The van der Waals surface area contributed by atoms with Crippen LogP contribution in [0.2, 0.25) is 0 Å². The molecule has 0 saturated carbocycles. The van der Waals surface area contributed by atoms with Crippen molar-refractivity contribution in [1.29, 1.82) is 0 Å². The Hall–Kier alpha value is -1.88. The zero-order valence-corrected chi connectivity index (χ0v) is 8.77. The Labute approximate surface area is 93.2 Å². The normalized spacial score (nSPS) is 15.1. The fourth-order valence-corrected chi connectivity index (χ4v) is 1.76. The lowest BCUT2D eigenvalue weighted by Gasteiger charge is -2.17. The molecular weight excluding hydrogens is 206 g/mol. The molecule has 0 aliphatic carbocycles. The molecule has 0 spiro atoms. The second-order valence-corrected chi connectivity index (χ2v) is 3.53. The van der Waals surface area contributed by atoms with Gasteiger partial charge in [-0.1, -0.05) is 12.1 Å². The second kappa shape index (κ2) is 4.32. The number of rotatable bonds is 3. The van der Waals surface area contributed by atoms with Crippen molar-refractivity contribution in [3.05, 3.63) is 29.8 Å². The number of anilines is 1. The van der Waals surface area contributed by atoms with Gasteiger partial charge in [-0.15, -0.1) is 0 Å². The van der Waals surface area contributed by atoms with Crippen LogP contribution < -0.4 is 16.0 Å². The summed E-state index contributed by atoms with van der Waals surface area (Å²) in [6, 6.07) is 6.84. The van der Waals surface area contributed by atoms with E-state index in [0.717, 1.165) is 0 Å². The van der Waals surface area contributed by atoms with E-state index in [1.807, 2.05) is 0 Å². The van der Waals surface area contributed by atoms with E-state index in [9.17, 15) is 9.59 Å². The van der Waals surface area contributed by atoms with Crippen molar-refractivity contribution in [1.82, 2.24) is 5.32 Å². The topological polar surface area (TPSA) is 75.4 Å². The summed E-state index contributed by atoms with van der Waals surface area (Å²) in [6.07, 6.45) is 0. The van der Waals surface area contributed by atoms with E-state index in [0.29, 0.717) is 24.3 Å². The van der Waals surface area contributed by atoms with Gasteiger partial charge in [0, 0.05) is 18.7 Å². The monoisotopic (exact) mass is 219 g/mol. The molecule has 0 aromatic heterocycles. The number of ketones is 1. The molecule has 0 radical (unpaired) electrons. The summed E-state index contributed by atoms with van der Waals surface area (Å²) in [4.78, 5) is 24.7. The Bertz CT molecular complexity index is 431. The summed E-state index contributed by atoms with van der Waals surface area (Å²) in [7, 11) is 0. The molecule has 2 rings (SSSR count). The lowest BCUT2D eigenvalue weighted by atomic mass is 10.1. The molecule has 1 fully saturated rings. The van der Waals surface area contributed by atoms with Crippen LogP contribution in [-0.4, -0.2) is 31.4 Å². The van der Waals surface area contributed by atoms with Gasteiger partial charge in [-0.05, 0) is 12.1 Å². The number of para-hydroxylation sites is 1. The Morgan fingerprint density at radius 2 is 2.19 bits per heavy atom. The van der Waals surface area contributed by atoms with E-state index in [4.69, 9.17) is 5.73 Å². The first-order chi connectivity index (χ1) is 7.74. The second-order valence-electron chi connectivity index (χ2n) is 3.53. The van der Waals surface area contributed by atoms with Gasteiger partial charge in [-0.3, -0.25) is 9.69 Å². The smallest absolute Gasteiger partial charge is 0.322 e. The predicted octanol–water partition coefficient (Wildman–Crippen LogP) is 0.358. The maximum atomic E-state index is 11.6. The van der Waals surface area contributed by atoms with E-state index in [-0.39, 0.29) is 18.4 Å². The number of urea groups is 1. The molecule has 1 heterocycles. The van der Waals surface area contributed by atoms with Gasteiger partial charge in [0.15, 0.2) is 5.78 Å². The SMILES string of the molecule is NCC(=O)c1ccccc1N1CCNC1=O. The number of carbonyl (C=O) groups excluding carboxylic acids is 2. The molecule has 2 amide bonds. The fraction of sp³-hybridized carbons (Fsp3) is 0.273. The Kier molecular flexibility index (Phi) is 2.87. The third-order valence-corrected chi connectivity index (χ3v) is 2.54. The molecule has 1 aliphatic rings. The predicted molar refractivity (Wildman–Crippen MR) is 60.6 cm³/mol. The lowest BCUT2D eigenvalue weighted by Crippen LogP contribution is -2.29. The first-order valence-electron chi connectivity index (χ1n) is 5.11. The first kappa shape index (κ1) is 10.6. The number of amides is 2. The zero-order chi connectivity index (χ0) is 11.5. The molecule has 1 saturated heterocycles. The minimum atomic E-state index is -0.169. The van der Waals surface area contributed by atoms with Crippen LogP contribution in [0.5, 0.6) is 0 Å². The highest BCUT2D eigenvalue weighted by molar-refractivity contribution is 6.06. The average Bonchev–Trinajstić information content (AvgIpc) is 2.74. The van der Waals surface area contributed by atoms with E-state index < -0.39 is 0 Å². The summed E-state index contributed by atoms with van der Waals surface area (Å²) in [5.41, 5.74) is 6.47. The quantitative estimate of drug-likeness (QED) is 0.720. The summed E-state index contributed by atoms with van der Waals surface area (Å²) in [5.74, 6) is -0.157. The molecule has 0 bridgehead atoms. The fourth-order valence-electron chi connectivity index (χ4n) is 1.76. The highest BCUT2D eigenvalue weighted by Gasteiger charge is 2.24. The number of benzene rings is 1. The van der Waals surface area contributed by atoms with Crippen LogP contribution in [-0.2, 0) is 0 Å². The standard InChI is InChI=1S/C11H13N3O2/c12-7-10(15)8-3-1-2-4-9(8)14-6-5-13-11(14)16/h1-4H,5-7,12H2,(H,13,16). The van der Waals surface area contributed by atoms with E-state index in [1.54, 1.807) is 29.2 Å². The molecule has 5 heteroatoms. The molecule has 0 unspecified atom stereocenters. The number of nitrogens with zero attached hydrogens (tertiary/aromatic N) is 1. The van der Waals surface area contributed by atoms with Crippen LogP contribution in [0, 0.1) is 0 Å². The lowest BCUT2D eigenvalue weighted by molar-refractivity contribution is 0.100. The maximum Gasteiger partial charge on any atom is 0.322 e. The number of nitrogens with two attached hydrogens (primary N) is 1. The number of Topliss-reactive ketones (excluding diaryl/α,β-unsaturated/α-hetero) is 1. The van der Waals surface area contributed by atoms with Crippen LogP contribution in [0.4, 0.5) is 10.5 Å². The third-order valence-electron chi connectivity index (χ3n) is 2.54. The van der Waals surface area contributed by atoms with Gasteiger partial charge in [0.05, 0.1) is 12.2 Å². The van der Waals surface area contributed by atoms with Crippen molar-refractivity contribution in [2.45, 2.75) is 0 Å². The van der Waals surface area contributed by atoms with Crippen molar-refractivity contribution < 1.29 is 9.59 Å². The average molecular weight is 219 g/mol. The molecule has 1 aromatic carbocycles. The number of nitrogens with one attached hydrogen (secondary N) is 1. The molecule has 0 atom stereocenters. The van der Waals surface area contributed by atoms with Gasteiger partial charge < -0.3 is 11.1 Å². The van der Waals surface area contributed by atoms with Crippen LogP contribution in [0.1, 0.15) is 10.4 Å². The van der Waals surface area contributed by atoms with Crippen molar-refractivity contribution in [3.63, 3.8) is 0 Å². The molecule has 1 aliphatic heterocycles. The van der Waals surface area contributed by atoms with Gasteiger partial charge in [0.1, 0.15) is 0 Å². The van der Waals surface area contributed by atoms with Gasteiger partial charge in [0.25, 0.3) is 0 Å². The highest BCUT2D eigenvalue weighted by atomic mass is 16.2. The minimum Gasteiger partial charge on any atom is -0.336 e. The van der Waals surface area contributed by atoms with Crippen molar-refractivity contribution in [2.24, 2.45) is 5.73 Å². The van der Waals surface area contributed by atoms with Gasteiger partial charge in [-0.2, -0.15) is 0 Å². The summed E-state index contributed by atoms with van der Waals surface area (Å²) in [6.45, 7) is 1.13. The highest BCUT2D eigenvalue weighted by Crippen LogP contribution is 2.22. The zero-order valence-electron chi connectivity index (χ0n) is 8.77. The van der Waals surface area contributed by atoms with Gasteiger partial charge >= 0.3 is 6.03 Å². The molecule has 3 N–H and O–H groups in total. The van der Waals surface area contributed by atoms with E-state index in [1.165, 1.54) is 0 Å².